The first-order chi connectivity index (χ1) is 15.3. The molecule has 1 amide bonds. The number of ether oxygens (including phenoxy) is 1. The third kappa shape index (κ3) is 5.10. The van der Waals surface area contributed by atoms with Crippen LogP contribution in [0.1, 0.15) is 51.0 Å². The Morgan fingerprint density at radius 3 is 2.62 bits per heavy atom. The lowest BCUT2D eigenvalue weighted by molar-refractivity contribution is -0.120. The molecular formula is C21H26FN3O5S2. The van der Waals surface area contributed by atoms with Crippen LogP contribution in [0.4, 0.5) is 9.52 Å². The standard InChI is InChI=1S/C21H26FN3O5S2/c22-18-13-23-21(31-18)24-20(27)17(11-14-6-9-30-10-7-14)25-8-5-16(12-19(25)26)32(28,29)15-3-1-2-4-15/h5,8,12-15,17H,1-4,6-7,9-11H2,(H,23,24,27)/t17-/m0/s1. The molecule has 8 nitrogen and oxygen atoms in total. The highest BCUT2D eigenvalue weighted by Gasteiger charge is 2.32. The Bertz CT molecular complexity index is 1120. The highest BCUT2D eigenvalue weighted by Crippen LogP contribution is 2.30. The summed E-state index contributed by atoms with van der Waals surface area (Å²) in [4.78, 5) is 29.8. The molecule has 1 N–H and O–H groups in total. The number of hydrogen-bond acceptors (Lipinski definition) is 7. The molecule has 4 rings (SSSR count). The quantitative estimate of drug-likeness (QED) is 0.648. The van der Waals surface area contributed by atoms with Crippen LogP contribution in [0, 0.1) is 11.0 Å². The number of thiazole rings is 1. The molecule has 1 aliphatic heterocycles. The number of nitrogens with one attached hydrogen (secondary N) is 1. The summed E-state index contributed by atoms with van der Waals surface area (Å²) in [6.45, 7) is 1.17. The van der Waals surface area contributed by atoms with Gasteiger partial charge in [0.2, 0.25) is 5.91 Å². The van der Waals surface area contributed by atoms with Crippen LogP contribution < -0.4 is 10.9 Å². The fourth-order valence-electron chi connectivity index (χ4n) is 4.44. The second-order valence-electron chi connectivity index (χ2n) is 8.33. The van der Waals surface area contributed by atoms with E-state index in [4.69, 9.17) is 4.74 Å². The van der Waals surface area contributed by atoms with Crippen molar-refractivity contribution in [3.63, 3.8) is 0 Å². The molecule has 0 radical (unpaired) electrons. The Kier molecular flexibility index (Phi) is 7.06. The van der Waals surface area contributed by atoms with Crippen molar-refractivity contribution in [1.82, 2.24) is 9.55 Å². The molecule has 2 aromatic heterocycles. The Labute approximate surface area is 189 Å². The summed E-state index contributed by atoms with van der Waals surface area (Å²) in [5, 5.41) is 1.71. The van der Waals surface area contributed by atoms with Gasteiger partial charge in [0.1, 0.15) is 6.04 Å². The number of sulfone groups is 1. The maximum absolute atomic E-state index is 13.3. The molecule has 1 aliphatic carbocycles. The van der Waals surface area contributed by atoms with Crippen LogP contribution in [0.2, 0.25) is 0 Å². The zero-order chi connectivity index (χ0) is 22.7. The lowest BCUT2D eigenvalue weighted by Crippen LogP contribution is -2.35. The topological polar surface area (TPSA) is 107 Å². The van der Waals surface area contributed by atoms with Gasteiger partial charge in [0.25, 0.3) is 5.56 Å². The first-order valence-electron chi connectivity index (χ1n) is 10.8. The summed E-state index contributed by atoms with van der Waals surface area (Å²) in [7, 11) is -3.58. The molecule has 0 bridgehead atoms. The Balaban J connectivity index is 1.62. The molecular weight excluding hydrogens is 457 g/mol. The van der Waals surface area contributed by atoms with E-state index in [0.29, 0.717) is 43.8 Å². The fraction of sp³-hybridized carbons (Fsp3) is 0.571. The van der Waals surface area contributed by atoms with E-state index in [1.807, 2.05) is 0 Å². The number of hydrogen-bond donors (Lipinski definition) is 1. The molecule has 11 heteroatoms. The minimum absolute atomic E-state index is 0.00197. The molecule has 3 heterocycles. The predicted octanol–water partition coefficient (Wildman–Crippen LogP) is 3.16. The lowest BCUT2D eigenvalue weighted by atomic mass is 9.92. The van der Waals surface area contributed by atoms with Gasteiger partial charge in [-0.15, -0.1) is 0 Å². The minimum atomic E-state index is -3.58. The second kappa shape index (κ2) is 9.80. The molecule has 32 heavy (non-hydrogen) atoms. The number of pyridine rings is 1. The average molecular weight is 484 g/mol. The summed E-state index contributed by atoms with van der Waals surface area (Å²) < 4.78 is 45.7. The van der Waals surface area contributed by atoms with Crippen LogP contribution in [-0.2, 0) is 19.4 Å². The number of anilines is 1. The van der Waals surface area contributed by atoms with Gasteiger partial charge in [-0.3, -0.25) is 9.59 Å². The van der Waals surface area contributed by atoms with Crippen LogP contribution in [-0.4, -0.2) is 42.3 Å². The van der Waals surface area contributed by atoms with Gasteiger partial charge in [0, 0.05) is 25.5 Å². The molecule has 1 saturated heterocycles. The van der Waals surface area contributed by atoms with E-state index in [0.717, 1.165) is 37.9 Å². The van der Waals surface area contributed by atoms with Crippen LogP contribution in [0.25, 0.3) is 0 Å². The van der Waals surface area contributed by atoms with Gasteiger partial charge in [-0.2, -0.15) is 4.39 Å². The Hall–Kier alpha value is -2.11. The van der Waals surface area contributed by atoms with Crippen molar-refractivity contribution in [3.05, 3.63) is 40.0 Å². The molecule has 174 valence electrons. The van der Waals surface area contributed by atoms with E-state index in [1.165, 1.54) is 16.8 Å². The first-order valence-corrected chi connectivity index (χ1v) is 13.2. The molecule has 0 unspecified atom stereocenters. The van der Waals surface area contributed by atoms with Gasteiger partial charge in [-0.25, -0.2) is 13.4 Å². The van der Waals surface area contributed by atoms with Crippen molar-refractivity contribution in [2.75, 3.05) is 18.5 Å². The SMILES string of the molecule is O=C(Nc1ncc(F)s1)[C@H](CC1CCOCC1)n1ccc(S(=O)(=O)C2CCCC2)cc1=O. The van der Waals surface area contributed by atoms with E-state index >= 15 is 0 Å². The Morgan fingerprint density at radius 2 is 2.00 bits per heavy atom. The number of carbonyl (C=O) groups excluding carboxylic acids is 1. The zero-order valence-corrected chi connectivity index (χ0v) is 19.2. The number of carbonyl (C=O) groups is 1. The number of amides is 1. The van der Waals surface area contributed by atoms with Crippen molar-refractivity contribution < 1.29 is 22.3 Å². The summed E-state index contributed by atoms with van der Waals surface area (Å²) >= 11 is 0.702. The van der Waals surface area contributed by atoms with Crippen molar-refractivity contribution in [3.8, 4) is 0 Å². The summed E-state index contributed by atoms with van der Waals surface area (Å²) in [5.74, 6) is -0.319. The van der Waals surface area contributed by atoms with E-state index in [9.17, 15) is 22.4 Å². The summed E-state index contributed by atoms with van der Waals surface area (Å²) in [5.41, 5.74) is -0.554. The van der Waals surface area contributed by atoms with Gasteiger partial charge in [0.15, 0.2) is 20.1 Å². The van der Waals surface area contributed by atoms with Crippen molar-refractivity contribution >= 4 is 32.2 Å². The maximum atomic E-state index is 13.3. The van der Waals surface area contributed by atoms with Gasteiger partial charge < -0.3 is 14.6 Å². The minimum Gasteiger partial charge on any atom is -0.381 e. The van der Waals surface area contributed by atoms with Crippen molar-refractivity contribution in [2.24, 2.45) is 5.92 Å². The smallest absolute Gasteiger partial charge is 0.252 e. The van der Waals surface area contributed by atoms with E-state index in [-0.39, 0.29) is 15.9 Å². The largest absolute Gasteiger partial charge is 0.381 e. The molecule has 0 aromatic carbocycles. The van der Waals surface area contributed by atoms with Crippen molar-refractivity contribution in [1.29, 1.82) is 0 Å². The first kappa shape index (κ1) is 23.1. The van der Waals surface area contributed by atoms with Crippen molar-refractivity contribution in [2.45, 2.75) is 61.1 Å². The second-order valence-corrected chi connectivity index (χ2v) is 11.5. The highest BCUT2D eigenvalue weighted by atomic mass is 32.2. The van der Waals surface area contributed by atoms with Gasteiger partial charge in [-0.05, 0) is 44.1 Å². The number of rotatable bonds is 7. The van der Waals surface area contributed by atoms with Crippen LogP contribution in [0.3, 0.4) is 0 Å². The number of halogens is 1. The monoisotopic (exact) mass is 483 g/mol. The fourth-order valence-corrected chi connectivity index (χ4v) is 6.84. The van der Waals surface area contributed by atoms with Gasteiger partial charge >= 0.3 is 0 Å². The van der Waals surface area contributed by atoms with E-state index in [2.05, 4.69) is 10.3 Å². The predicted molar refractivity (Wildman–Crippen MR) is 118 cm³/mol. The van der Waals surface area contributed by atoms with Gasteiger partial charge in [0.05, 0.1) is 16.3 Å². The Morgan fingerprint density at radius 1 is 1.28 bits per heavy atom. The molecule has 2 fully saturated rings. The van der Waals surface area contributed by atoms with Crippen LogP contribution >= 0.6 is 11.3 Å². The number of nitrogens with zero attached hydrogens (tertiary/aromatic N) is 2. The summed E-state index contributed by atoms with van der Waals surface area (Å²) in [6, 6.07) is 1.64. The highest BCUT2D eigenvalue weighted by molar-refractivity contribution is 7.92. The molecule has 1 saturated carbocycles. The lowest BCUT2D eigenvalue weighted by Gasteiger charge is -2.27. The zero-order valence-electron chi connectivity index (χ0n) is 17.5. The molecule has 1 atom stereocenters. The molecule has 2 aliphatic rings. The summed E-state index contributed by atoms with van der Waals surface area (Å²) in [6.07, 6.45) is 7.25. The van der Waals surface area contributed by atoms with Gasteiger partial charge in [-0.1, -0.05) is 24.2 Å². The van der Waals surface area contributed by atoms with E-state index < -0.39 is 37.7 Å². The average Bonchev–Trinajstić information content (AvgIpc) is 3.45. The normalized spacial score (nSPS) is 19.2. The van der Waals surface area contributed by atoms with Crippen LogP contribution in [0.5, 0.6) is 0 Å². The third-order valence-corrected chi connectivity index (χ3v) is 9.19. The molecule has 2 aromatic rings. The number of aromatic nitrogens is 2. The van der Waals surface area contributed by atoms with E-state index in [1.54, 1.807) is 0 Å². The maximum Gasteiger partial charge on any atom is 0.252 e. The third-order valence-electron chi connectivity index (χ3n) is 6.23. The molecule has 0 spiro atoms. The van der Waals surface area contributed by atoms with Crippen LogP contribution in [0.15, 0.2) is 34.2 Å².